The number of morpholine rings is 1. The second-order valence-electron chi connectivity index (χ2n) is 4.44. The number of hydrogen-bond donors (Lipinski definition) is 1. The molecule has 0 spiro atoms. The summed E-state index contributed by atoms with van der Waals surface area (Å²) in [6, 6.07) is 2.56. The molecule has 1 aliphatic heterocycles. The van der Waals surface area contributed by atoms with Gasteiger partial charge in [-0.25, -0.2) is 8.78 Å². The van der Waals surface area contributed by atoms with E-state index in [2.05, 4.69) is 5.32 Å². The minimum absolute atomic E-state index is 0.134. The van der Waals surface area contributed by atoms with Crippen LogP contribution in [0.4, 0.5) is 14.5 Å². The van der Waals surface area contributed by atoms with Gasteiger partial charge in [-0.2, -0.15) is 0 Å². The average molecular weight is 270 g/mol. The molecular weight excluding hydrogens is 254 g/mol. The molecular formula is C13H16F2N2O2. The molecule has 1 heterocycles. The first kappa shape index (κ1) is 13.9. The molecule has 0 radical (unpaired) electrons. The summed E-state index contributed by atoms with van der Waals surface area (Å²) in [5, 5.41) is 2.41. The van der Waals surface area contributed by atoms with Gasteiger partial charge in [-0.1, -0.05) is 0 Å². The highest BCUT2D eigenvalue weighted by Gasteiger charge is 2.23. The summed E-state index contributed by atoms with van der Waals surface area (Å²) >= 11 is 0. The Balaban J connectivity index is 2.01. The fraction of sp³-hybridized carbons (Fsp3) is 0.462. The smallest absolute Gasteiger partial charge is 0.241 e. The van der Waals surface area contributed by atoms with Gasteiger partial charge in [-0.15, -0.1) is 0 Å². The van der Waals surface area contributed by atoms with E-state index >= 15 is 0 Å². The molecule has 0 aliphatic carbocycles. The quantitative estimate of drug-likeness (QED) is 0.907. The SMILES string of the molecule is C[C@H](C(=O)Nc1cc(F)ccc1F)N1CCOCC1. The molecule has 1 amide bonds. The molecule has 1 saturated heterocycles. The van der Waals surface area contributed by atoms with Crippen LogP contribution in [0.1, 0.15) is 6.92 Å². The lowest BCUT2D eigenvalue weighted by Crippen LogP contribution is -2.47. The topological polar surface area (TPSA) is 41.6 Å². The van der Waals surface area contributed by atoms with E-state index in [0.717, 1.165) is 18.2 Å². The monoisotopic (exact) mass is 270 g/mol. The van der Waals surface area contributed by atoms with Gasteiger partial charge in [0.2, 0.25) is 5.91 Å². The molecule has 0 saturated carbocycles. The molecule has 1 atom stereocenters. The molecule has 19 heavy (non-hydrogen) atoms. The lowest BCUT2D eigenvalue weighted by molar-refractivity contribution is -0.122. The highest BCUT2D eigenvalue weighted by Crippen LogP contribution is 2.16. The van der Waals surface area contributed by atoms with E-state index in [9.17, 15) is 13.6 Å². The molecule has 1 N–H and O–H groups in total. The summed E-state index contributed by atoms with van der Waals surface area (Å²) in [6.07, 6.45) is 0. The van der Waals surface area contributed by atoms with E-state index in [-0.39, 0.29) is 11.6 Å². The molecule has 0 aromatic heterocycles. The highest BCUT2D eigenvalue weighted by atomic mass is 19.1. The van der Waals surface area contributed by atoms with Crippen LogP contribution < -0.4 is 5.32 Å². The third-order valence-electron chi connectivity index (χ3n) is 3.16. The van der Waals surface area contributed by atoms with Gasteiger partial charge in [0, 0.05) is 19.2 Å². The van der Waals surface area contributed by atoms with Gasteiger partial charge in [0.15, 0.2) is 0 Å². The molecule has 1 aliphatic rings. The van der Waals surface area contributed by atoms with Crippen molar-refractivity contribution in [3.63, 3.8) is 0 Å². The van der Waals surface area contributed by atoms with Crippen molar-refractivity contribution in [1.82, 2.24) is 4.90 Å². The summed E-state index contributed by atoms with van der Waals surface area (Å²) in [7, 11) is 0. The number of nitrogens with zero attached hydrogens (tertiary/aromatic N) is 1. The van der Waals surface area contributed by atoms with Crippen LogP contribution in [0.3, 0.4) is 0 Å². The largest absolute Gasteiger partial charge is 0.379 e. The summed E-state index contributed by atoms with van der Waals surface area (Å²) in [5.74, 6) is -1.59. The van der Waals surface area contributed by atoms with Gasteiger partial charge in [-0.05, 0) is 19.1 Å². The van der Waals surface area contributed by atoms with E-state index < -0.39 is 17.7 Å². The number of benzene rings is 1. The van der Waals surface area contributed by atoms with E-state index in [1.54, 1.807) is 6.92 Å². The zero-order valence-corrected chi connectivity index (χ0v) is 10.7. The van der Waals surface area contributed by atoms with Crippen molar-refractivity contribution in [1.29, 1.82) is 0 Å². The van der Waals surface area contributed by atoms with Gasteiger partial charge in [0.1, 0.15) is 11.6 Å². The molecule has 2 rings (SSSR count). The molecule has 1 aromatic carbocycles. The van der Waals surface area contributed by atoms with Crippen LogP contribution >= 0.6 is 0 Å². The predicted molar refractivity (Wildman–Crippen MR) is 66.8 cm³/mol. The Kier molecular flexibility index (Phi) is 4.44. The van der Waals surface area contributed by atoms with E-state index in [0.29, 0.717) is 26.3 Å². The summed E-state index contributed by atoms with van der Waals surface area (Å²) < 4.78 is 31.6. The number of hydrogen-bond acceptors (Lipinski definition) is 3. The van der Waals surface area contributed by atoms with E-state index in [4.69, 9.17) is 4.74 Å². The molecule has 1 fully saturated rings. The van der Waals surface area contributed by atoms with Crippen LogP contribution in [-0.4, -0.2) is 43.2 Å². The van der Waals surface area contributed by atoms with Gasteiger partial charge in [0.25, 0.3) is 0 Å². The Morgan fingerprint density at radius 2 is 2.05 bits per heavy atom. The number of ether oxygens (including phenoxy) is 1. The predicted octanol–water partition coefficient (Wildman–Crippen LogP) is 1.62. The second kappa shape index (κ2) is 6.08. The molecule has 0 bridgehead atoms. The van der Waals surface area contributed by atoms with Crippen LogP contribution in [0.5, 0.6) is 0 Å². The van der Waals surface area contributed by atoms with Gasteiger partial charge in [0.05, 0.1) is 24.9 Å². The minimum Gasteiger partial charge on any atom is -0.379 e. The van der Waals surface area contributed by atoms with E-state index in [1.165, 1.54) is 0 Å². The van der Waals surface area contributed by atoms with Crippen molar-refractivity contribution in [2.45, 2.75) is 13.0 Å². The molecule has 0 unspecified atom stereocenters. The third kappa shape index (κ3) is 3.48. The normalized spacial score (nSPS) is 18.1. The lowest BCUT2D eigenvalue weighted by Gasteiger charge is -2.31. The zero-order valence-electron chi connectivity index (χ0n) is 10.7. The van der Waals surface area contributed by atoms with Gasteiger partial charge in [-0.3, -0.25) is 9.69 Å². The Labute approximate surface area is 110 Å². The number of halogens is 2. The first-order chi connectivity index (χ1) is 9.08. The Bertz CT molecular complexity index is 462. The molecule has 6 heteroatoms. The number of nitrogens with one attached hydrogen (secondary N) is 1. The van der Waals surface area contributed by atoms with Crippen molar-refractivity contribution >= 4 is 11.6 Å². The zero-order chi connectivity index (χ0) is 13.8. The lowest BCUT2D eigenvalue weighted by atomic mass is 10.2. The van der Waals surface area contributed by atoms with Crippen molar-refractivity contribution in [3.8, 4) is 0 Å². The van der Waals surface area contributed by atoms with E-state index in [1.807, 2.05) is 4.90 Å². The summed E-state index contributed by atoms with van der Waals surface area (Å²) in [6.45, 7) is 4.19. The van der Waals surface area contributed by atoms with Crippen LogP contribution in [0.15, 0.2) is 18.2 Å². The summed E-state index contributed by atoms with van der Waals surface area (Å²) in [5.41, 5.74) is -0.134. The highest BCUT2D eigenvalue weighted by molar-refractivity contribution is 5.94. The molecule has 1 aromatic rings. The maximum Gasteiger partial charge on any atom is 0.241 e. The van der Waals surface area contributed by atoms with Crippen molar-refractivity contribution in [3.05, 3.63) is 29.8 Å². The van der Waals surface area contributed by atoms with Crippen molar-refractivity contribution in [2.75, 3.05) is 31.6 Å². The average Bonchev–Trinajstić information content (AvgIpc) is 2.43. The van der Waals surface area contributed by atoms with Crippen molar-refractivity contribution < 1.29 is 18.3 Å². The first-order valence-corrected chi connectivity index (χ1v) is 6.15. The van der Waals surface area contributed by atoms with Crippen LogP contribution in [0.2, 0.25) is 0 Å². The number of carbonyl (C=O) groups is 1. The number of amides is 1. The summed E-state index contributed by atoms with van der Waals surface area (Å²) in [4.78, 5) is 13.9. The van der Waals surface area contributed by atoms with Gasteiger partial charge < -0.3 is 10.1 Å². The van der Waals surface area contributed by atoms with Crippen LogP contribution in [0.25, 0.3) is 0 Å². The second-order valence-corrected chi connectivity index (χ2v) is 4.44. The molecule has 4 nitrogen and oxygen atoms in total. The first-order valence-electron chi connectivity index (χ1n) is 6.15. The standard InChI is InChI=1S/C13H16F2N2O2/c1-9(17-4-6-19-7-5-17)13(18)16-12-8-10(14)2-3-11(12)15/h2-3,8-9H,4-7H2,1H3,(H,16,18)/t9-/m1/s1. The maximum absolute atomic E-state index is 13.4. The van der Waals surface area contributed by atoms with Crippen LogP contribution in [-0.2, 0) is 9.53 Å². The Hall–Kier alpha value is -1.53. The van der Waals surface area contributed by atoms with Gasteiger partial charge >= 0.3 is 0 Å². The third-order valence-corrected chi connectivity index (χ3v) is 3.16. The van der Waals surface area contributed by atoms with Crippen LogP contribution in [0, 0.1) is 11.6 Å². The minimum atomic E-state index is -0.649. The number of anilines is 1. The maximum atomic E-state index is 13.4. The van der Waals surface area contributed by atoms with Crippen molar-refractivity contribution in [2.24, 2.45) is 0 Å². The Morgan fingerprint density at radius 3 is 2.74 bits per heavy atom. The molecule has 104 valence electrons. The fourth-order valence-corrected chi connectivity index (χ4v) is 1.96. The fourth-order valence-electron chi connectivity index (χ4n) is 1.96. The number of carbonyl (C=O) groups excluding carboxylic acids is 1. The Morgan fingerprint density at radius 1 is 1.37 bits per heavy atom. The number of rotatable bonds is 3.